The van der Waals surface area contributed by atoms with Crippen molar-refractivity contribution < 1.29 is 4.74 Å². The number of aromatic nitrogens is 3. The summed E-state index contributed by atoms with van der Waals surface area (Å²) in [5.41, 5.74) is 2.44. The van der Waals surface area contributed by atoms with Gasteiger partial charge in [0, 0.05) is 12.6 Å². The van der Waals surface area contributed by atoms with Gasteiger partial charge < -0.3 is 15.0 Å². The van der Waals surface area contributed by atoms with Crippen LogP contribution in [0.2, 0.25) is 0 Å². The second-order valence-corrected chi connectivity index (χ2v) is 5.59. The average molecular weight is 295 g/mol. The average Bonchev–Trinajstić information content (AvgIpc) is 2.45. The summed E-state index contributed by atoms with van der Waals surface area (Å²) >= 11 is 0. The normalized spacial score (nSPS) is 19.6. The van der Waals surface area contributed by atoms with E-state index < -0.39 is 0 Å². The zero-order valence-electron chi connectivity index (χ0n) is 13.0. The van der Waals surface area contributed by atoms with Crippen molar-refractivity contribution in [2.24, 2.45) is 5.84 Å². The zero-order chi connectivity index (χ0) is 15.2. The molecule has 8 nitrogen and oxygen atoms in total. The Kier molecular flexibility index (Phi) is 5.51. The molecule has 0 bridgehead atoms. The lowest BCUT2D eigenvalue weighted by molar-refractivity contribution is 0.194. The third kappa shape index (κ3) is 4.68. The Morgan fingerprint density at radius 1 is 1.29 bits per heavy atom. The van der Waals surface area contributed by atoms with Gasteiger partial charge in [-0.05, 0) is 40.3 Å². The van der Waals surface area contributed by atoms with Gasteiger partial charge in [-0.15, -0.1) is 0 Å². The van der Waals surface area contributed by atoms with Crippen LogP contribution in [-0.2, 0) is 0 Å². The van der Waals surface area contributed by atoms with Crippen LogP contribution >= 0.6 is 0 Å². The highest BCUT2D eigenvalue weighted by Crippen LogP contribution is 2.16. The number of hydrogen-bond acceptors (Lipinski definition) is 8. The van der Waals surface area contributed by atoms with E-state index in [0.29, 0.717) is 17.9 Å². The molecule has 21 heavy (non-hydrogen) atoms. The number of piperidine rings is 1. The zero-order valence-corrected chi connectivity index (χ0v) is 13.0. The number of anilines is 2. The molecule has 0 saturated carbocycles. The molecule has 4 N–H and O–H groups in total. The van der Waals surface area contributed by atoms with E-state index in [9.17, 15) is 0 Å². The fraction of sp³-hybridized carbons (Fsp3) is 0.769. The Labute approximate surface area is 125 Å². The molecule has 2 rings (SSSR count). The highest BCUT2D eigenvalue weighted by atomic mass is 16.5. The molecule has 1 saturated heterocycles. The molecule has 1 atom stereocenters. The molecular formula is C13H25N7O. The lowest BCUT2D eigenvalue weighted by Crippen LogP contribution is -2.41. The van der Waals surface area contributed by atoms with Crippen molar-refractivity contribution in [1.29, 1.82) is 0 Å². The van der Waals surface area contributed by atoms with Gasteiger partial charge in [0.1, 0.15) is 0 Å². The largest absolute Gasteiger partial charge is 0.461 e. The number of nitrogens with zero attached hydrogens (tertiary/aromatic N) is 4. The predicted molar refractivity (Wildman–Crippen MR) is 82.2 cm³/mol. The van der Waals surface area contributed by atoms with E-state index >= 15 is 0 Å². The van der Waals surface area contributed by atoms with Crippen LogP contribution in [0.5, 0.6) is 6.01 Å². The summed E-state index contributed by atoms with van der Waals surface area (Å²) in [6, 6.07) is 0.770. The van der Waals surface area contributed by atoms with Gasteiger partial charge in [-0.2, -0.15) is 15.0 Å². The van der Waals surface area contributed by atoms with Crippen molar-refractivity contribution >= 4 is 11.9 Å². The van der Waals surface area contributed by atoms with Gasteiger partial charge in [-0.25, -0.2) is 5.84 Å². The molecule has 1 fully saturated rings. The van der Waals surface area contributed by atoms with Crippen molar-refractivity contribution in [1.82, 2.24) is 19.9 Å². The number of likely N-dealkylation sites (tertiary alicyclic amines) is 1. The highest BCUT2D eigenvalue weighted by molar-refractivity contribution is 5.35. The first kappa shape index (κ1) is 15.7. The van der Waals surface area contributed by atoms with E-state index in [4.69, 9.17) is 10.6 Å². The minimum absolute atomic E-state index is 0.00430. The molecule has 0 amide bonds. The fourth-order valence-corrected chi connectivity index (χ4v) is 2.37. The molecular weight excluding hydrogens is 270 g/mol. The smallest absolute Gasteiger partial charge is 0.323 e. The van der Waals surface area contributed by atoms with Gasteiger partial charge in [-0.3, -0.25) is 5.43 Å². The molecule has 1 aliphatic rings. The first-order valence-electron chi connectivity index (χ1n) is 7.42. The van der Waals surface area contributed by atoms with Gasteiger partial charge in [0.05, 0.1) is 6.10 Å². The van der Waals surface area contributed by atoms with E-state index in [0.717, 1.165) is 13.1 Å². The molecule has 0 radical (unpaired) electrons. The van der Waals surface area contributed by atoms with Crippen LogP contribution in [0.15, 0.2) is 0 Å². The van der Waals surface area contributed by atoms with Gasteiger partial charge in [-0.1, -0.05) is 6.42 Å². The quantitative estimate of drug-likeness (QED) is 0.524. The van der Waals surface area contributed by atoms with E-state index in [2.05, 4.69) is 37.6 Å². The van der Waals surface area contributed by atoms with Gasteiger partial charge in [0.15, 0.2) is 0 Å². The van der Waals surface area contributed by atoms with Crippen LogP contribution in [0, 0.1) is 0 Å². The Hall–Kier alpha value is -1.67. The Bertz CT molecular complexity index is 454. The van der Waals surface area contributed by atoms with Gasteiger partial charge in [0.25, 0.3) is 0 Å². The van der Waals surface area contributed by atoms with Crippen LogP contribution < -0.4 is 21.3 Å². The van der Waals surface area contributed by atoms with Crippen molar-refractivity contribution in [3.8, 4) is 6.01 Å². The van der Waals surface area contributed by atoms with Crippen LogP contribution in [0.4, 0.5) is 11.9 Å². The minimum Gasteiger partial charge on any atom is -0.461 e. The second-order valence-electron chi connectivity index (χ2n) is 5.59. The lowest BCUT2D eigenvalue weighted by atomic mass is 10.0. The number of likely N-dealkylation sites (N-methyl/N-ethyl adjacent to an activating group) is 1. The summed E-state index contributed by atoms with van der Waals surface area (Å²) in [5.74, 6) is 6.16. The molecule has 0 aliphatic carbocycles. The van der Waals surface area contributed by atoms with Gasteiger partial charge >= 0.3 is 6.01 Å². The third-order valence-electron chi connectivity index (χ3n) is 3.50. The number of nitrogen functional groups attached to an aromatic ring is 1. The number of hydrazine groups is 1. The van der Waals surface area contributed by atoms with Crippen molar-refractivity contribution in [2.45, 2.75) is 45.3 Å². The molecule has 1 aromatic heterocycles. The summed E-state index contributed by atoms with van der Waals surface area (Å²) in [5, 5.41) is 3.25. The molecule has 118 valence electrons. The monoisotopic (exact) mass is 295 g/mol. The first-order chi connectivity index (χ1) is 10.1. The molecule has 2 heterocycles. The molecule has 0 aromatic carbocycles. The van der Waals surface area contributed by atoms with E-state index in [1.807, 2.05) is 13.8 Å². The topological polar surface area (TPSA) is 101 Å². The summed E-state index contributed by atoms with van der Waals surface area (Å²) in [4.78, 5) is 14.9. The molecule has 1 aliphatic heterocycles. The van der Waals surface area contributed by atoms with Crippen molar-refractivity contribution in [3.05, 3.63) is 0 Å². The Morgan fingerprint density at radius 2 is 2.05 bits per heavy atom. The summed E-state index contributed by atoms with van der Waals surface area (Å²) in [6.07, 6.45) is 3.72. The number of nitrogens with two attached hydrogens (primary N) is 1. The maximum atomic E-state index is 5.50. The maximum Gasteiger partial charge on any atom is 0.323 e. The minimum atomic E-state index is -0.00430. The fourth-order valence-electron chi connectivity index (χ4n) is 2.37. The standard InChI is InChI=1S/C13H25N7O/c1-9(2)21-13-17-11(16-12(18-13)19-14)15-8-10-6-4-5-7-20(10)3/h9-10H,4-8,14H2,1-3H3,(H2,15,16,17,18,19). The molecule has 1 aromatic rings. The van der Waals surface area contributed by atoms with Crippen molar-refractivity contribution in [3.63, 3.8) is 0 Å². The molecule has 0 spiro atoms. The van der Waals surface area contributed by atoms with Crippen LogP contribution in [0.1, 0.15) is 33.1 Å². The highest BCUT2D eigenvalue weighted by Gasteiger charge is 2.19. The lowest BCUT2D eigenvalue weighted by Gasteiger charge is -2.32. The number of rotatable bonds is 6. The van der Waals surface area contributed by atoms with Crippen molar-refractivity contribution in [2.75, 3.05) is 30.9 Å². The predicted octanol–water partition coefficient (Wildman–Crippen LogP) is 0.841. The number of hydrogen-bond donors (Lipinski definition) is 3. The summed E-state index contributed by atoms with van der Waals surface area (Å²) < 4.78 is 5.50. The molecule has 1 unspecified atom stereocenters. The van der Waals surface area contributed by atoms with Crippen LogP contribution in [-0.4, -0.2) is 52.1 Å². The second kappa shape index (κ2) is 7.37. The molecule has 8 heteroatoms. The SMILES string of the molecule is CC(C)Oc1nc(NN)nc(NCC2CCCCN2C)n1. The first-order valence-corrected chi connectivity index (χ1v) is 7.42. The maximum absolute atomic E-state index is 5.50. The number of nitrogens with one attached hydrogen (secondary N) is 2. The summed E-state index contributed by atoms with van der Waals surface area (Å²) in [7, 11) is 2.15. The van der Waals surface area contributed by atoms with Crippen LogP contribution in [0.25, 0.3) is 0 Å². The third-order valence-corrected chi connectivity index (χ3v) is 3.50. The van der Waals surface area contributed by atoms with E-state index in [1.54, 1.807) is 0 Å². The van der Waals surface area contributed by atoms with E-state index in [-0.39, 0.29) is 12.1 Å². The summed E-state index contributed by atoms with van der Waals surface area (Å²) in [6.45, 7) is 5.78. The van der Waals surface area contributed by atoms with Crippen LogP contribution in [0.3, 0.4) is 0 Å². The van der Waals surface area contributed by atoms with Gasteiger partial charge in [0.2, 0.25) is 11.9 Å². The number of ether oxygens (including phenoxy) is 1. The van der Waals surface area contributed by atoms with E-state index in [1.165, 1.54) is 19.3 Å². The Morgan fingerprint density at radius 3 is 2.71 bits per heavy atom. The Balaban J connectivity index is 2.00.